The van der Waals surface area contributed by atoms with E-state index in [0.717, 1.165) is 25.0 Å². The number of carbonyl (C=O) groups excluding carboxylic acids is 2. The molecule has 0 amide bonds. The van der Waals surface area contributed by atoms with Crippen LogP contribution in [0.15, 0.2) is 35.7 Å². The van der Waals surface area contributed by atoms with Crippen LogP contribution in [0, 0.1) is 17.1 Å². The highest BCUT2D eigenvalue weighted by atomic mass is 19.1. The first-order chi connectivity index (χ1) is 20.3. The van der Waals surface area contributed by atoms with Crippen molar-refractivity contribution >= 4 is 29.4 Å². The lowest BCUT2D eigenvalue weighted by molar-refractivity contribution is -0.176. The standard InChI is InChI=1S/C28H35FN6O7/c1-18(36)39-14-19(15-41-26-7-2-3-8-38-26)16-42-34-22-12-35(13-22)28-32-10-21(11-33-28)23-6-4-5-20(27(23)29)17-40-25(37)9-24(30)31/h4-6,10-11,19,26H,2-3,7-9,12-17H2,1H3,(H3,30,31). The van der Waals surface area contributed by atoms with Crippen LogP contribution in [0.1, 0.15) is 38.2 Å². The van der Waals surface area contributed by atoms with Crippen LogP contribution in [-0.4, -0.2) is 79.3 Å². The van der Waals surface area contributed by atoms with Crippen LogP contribution in [0.2, 0.25) is 0 Å². The molecular weight excluding hydrogens is 551 g/mol. The number of nitrogens with zero attached hydrogens (tertiary/aromatic N) is 4. The number of amidine groups is 1. The number of aromatic nitrogens is 2. The average Bonchev–Trinajstić information content (AvgIpc) is 2.95. The number of nitrogens with two attached hydrogens (primary N) is 1. The van der Waals surface area contributed by atoms with Crippen molar-refractivity contribution in [1.82, 2.24) is 9.97 Å². The monoisotopic (exact) mass is 586 g/mol. The van der Waals surface area contributed by atoms with Gasteiger partial charge >= 0.3 is 11.9 Å². The fraction of sp³-hybridized carbons (Fsp3) is 0.500. The maximum absolute atomic E-state index is 15.1. The van der Waals surface area contributed by atoms with Crippen molar-refractivity contribution in [2.75, 3.05) is 44.4 Å². The number of esters is 2. The van der Waals surface area contributed by atoms with Gasteiger partial charge in [-0.15, -0.1) is 0 Å². The Labute approximate surface area is 242 Å². The molecule has 14 heteroatoms. The van der Waals surface area contributed by atoms with Crippen LogP contribution >= 0.6 is 0 Å². The summed E-state index contributed by atoms with van der Waals surface area (Å²) in [5.41, 5.74) is 6.89. The fourth-order valence-corrected chi connectivity index (χ4v) is 4.20. The molecular formula is C28H35FN6O7. The van der Waals surface area contributed by atoms with Crippen molar-refractivity contribution in [3.63, 3.8) is 0 Å². The van der Waals surface area contributed by atoms with Gasteiger partial charge in [0.2, 0.25) is 5.95 Å². The van der Waals surface area contributed by atoms with Crippen molar-refractivity contribution in [2.24, 2.45) is 16.8 Å². The molecule has 2 aromatic rings. The van der Waals surface area contributed by atoms with E-state index in [9.17, 15) is 9.59 Å². The Bertz CT molecular complexity index is 1260. The summed E-state index contributed by atoms with van der Waals surface area (Å²) in [6.07, 6.45) is 5.36. The normalized spacial score (nSPS) is 17.1. The molecule has 2 fully saturated rings. The summed E-state index contributed by atoms with van der Waals surface area (Å²) in [7, 11) is 0. The van der Waals surface area contributed by atoms with E-state index >= 15 is 4.39 Å². The first kappa shape index (κ1) is 30.8. The first-order valence-electron chi connectivity index (χ1n) is 13.7. The lowest BCUT2D eigenvalue weighted by Crippen LogP contribution is -2.48. The molecule has 0 spiro atoms. The van der Waals surface area contributed by atoms with E-state index in [-0.39, 0.29) is 61.4 Å². The molecule has 1 aromatic heterocycles. The predicted octanol–water partition coefficient (Wildman–Crippen LogP) is 2.57. The number of rotatable bonds is 14. The fourth-order valence-electron chi connectivity index (χ4n) is 4.20. The van der Waals surface area contributed by atoms with E-state index in [1.54, 1.807) is 12.1 Å². The average molecular weight is 587 g/mol. The number of nitrogens with one attached hydrogen (secondary N) is 1. The van der Waals surface area contributed by atoms with Gasteiger partial charge in [0, 0.05) is 42.6 Å². The van der Waals surface area contributed by atoms with E-state index < -0.39 is 11.8 Å². The van der Waals surface area contributed by atoms with Crippen LogP contribution in [0.5, 0.6) is 0 Å². The van der Waals surface area contributed by atoms with Gasteiger partial charge in [0.25, 0.3) is 0 Å². The van der Waals surface area contributed by atoms with Crippen molar-refractivity contribution in [3.8, 4) is 11.1 Å². The molecule has 42 heavy (non-hydrogen) atoms. The van der Waals surface area contributed by atoms with Crippen LogP contribution in [-0.2, 0) is 40.0 Å². The van der Waals surface area contributed by atoms with Crippen molar-refractivity contribution in [2.45, 2.75) is 45.5 Å². The second-order valence-corrected chi connectivity index (χ2v) is 10.0. The van der Waals surface area contributed by atoms with Gasteiger partial charge in [0.05, 0.1) is 37.9 Å². The van der Waals surface area contributed by atoms with Crippen molar-refractivity contribution < 1.29 is 37.8 Å². The summed E-state index contributed by atoms with van der Waals surface area (Å²) in [6.45, 7) is 3.39. The van der Waals surface area contributed by atoms with E-state index in [2.05, 4.69) is 15.1 Å². The highest BCUT2D eigenvalue weighted by molar-refractivity contribution is 5.98. The van der Waals surface area contributed by atoms with Crippen LogP contribution in [0.25, 0.3) is 11.1 Å². The molecule has 3 heterocycles. The van der Waals surface area contributed by atoms with Crippen molar-refractivity contribution in [3.05, 3.63) is 42.0 Å². The number of oxime groups is 1. The number of ether oxygens (including phenoxy) is 4. The molecule has 3 N–H and O–H groups in total. The molecule has 0 radical (unpaired) electrons. The molecule has 2 unspecified atom stereocenters. The Kier molecular flexibility index (Phi) is 11.1. The number of anilines is 1. The number of halogens is 1. The molecule has 2 atom stereocenters. The van der Waals surface area contributed by atoms with E-state index in [4.69, 9.17) is 34.9 Å². The number of hydrogen-bond acceptors (Lipinski definition) is 12. The predicted molar refractivity (Wildman–Crippen MR) is 149 cm³/mol. The molecule has 226 valence electrons. The zero-order valence-corrected chi connectivity index (χ0v) is 23.4. The van der Waals surface area contributed by atoms with Gasteiger partial charge in [-0.2, -0.15) is 0 Å². The minimum Gasteiger partial charge on any atom is -0.465 e. The van der Waals surface area contributed by atoms with E-state index in [0.29, 0.717) is 37.8 Å². The summed E-state index contributed by atoms with van der Waals surface area (Å²) in [4.78, 5) is 39.0. The summed E-state index contributed by atoms with van der Waals surface area (Å²) in [5, 5.41) is 11.3. The Morgan fingerprint density at radius 3 is 2.67 bits per heavy atom. The van der Waals surface area contributed by atoms with Crippen molar-refractivity contribution in [1.29, 1.82) is 5.41 Å². The third kappa shape index (κ3) is 9.17. The van der Waals surface area contributed by atoms with Gasteiger partial charge < -0.3 is 34.4 Å². The SMILES string of the molecule is CC(=O)OCC(CON=C1CN(c2ncc(-c3cccc(COC(=O)CC(=N)N)c3F)cn2)C1)COC1CCCCO1. The van der Waals surface area contributed by atoms with Crippen LogP contribution in [0.3, 0.4) is 0 Å². The lowest BCUT2D eigenvalue weighted by atomic mass is 10.1. The maximum atomic E-state index is 15.1. The quantitative estimate of drug-likeness (QED) is 0.144. The summed E-state index contributed by atoms with van der Waals surface area (Å²) in [5.74, 6) is -1.69. The number of benzene rings is 1. The van der Waals surface area contributed by atoms with Gasteiger partial charge in [0.1, 0.15) is 31.3 Å². The molecule has 0 aliphatic carbocycles. The zero-order chi connectivity index (χ0) is 29.9. The minimum atomic E-state index is -0.705. The Morgan fingerprint density at radius 1 is 1.19 bits per heavy atom. The molecule has 1 aromatic carbocycles. The molecule has 0 saturated carbocycles. The molecule has 4 rings (SSSR count). The first-order valence-corrected chi connectivity index (χ1v) is 13.7. The highest BCUT2D eigenvalue weighted by Crippen LogP contribution is 2.26. The topological polar surface area (TPSA) is 172 Å². The second-order valence-electron chi connectivity index (χ2n) is 10.0. The Morgan fingerprint density at radius 2 is 1.98 bits per heavy atom. The number of hydrogen-bond donors (Lipinski definition) is 2. The summed E-state index contributed by atoms with van der Waals surface area (Å²) in [6, 6.07) is 4.74. The van der Waals surface area contributed by atoms with Gasteiger partial charge in [-0.25, -0.2) is 14.4 Å². The Hall–Kier alpha value is -4.17. The third-order valence-corrected chi connectivity index (χ3v) is 6.46. The maximum Gasteiger partial charge on any atom is 0.313 e. The highest BCUT2D eigenvalue weighted by Gasteiger charge is 2.26. The molecule has 2 aliphatic heterocycles. The van der Waals surface area contributed by atoms with E-state index in [1.165, 1.54) is 25.4 Å². The Balaban J connectivity index is 1.25. The lowest BCUT2D eigenvalue weighted by Gasteiger charge is -2.32. The third-order valence-electron chi connectivity index (χ3n) is 6.46. The molecule has 0 bridgehead atoms. The van der Waals surface area contributed by atoms with Gasteiger partial charge in [-0.05, 0) is 19.3 Å². The summed E-state index contributed by atoms with van der Waals surface area (Å²) >= 11 is 0. The molecule has 2 aliphatic rings. The van der Waals surface area contributed by atoms with Gasteiger partial charge in [-0.3, -0.25) is 15.0 Å². The largest absolute Gasteiger partial charge is 0.465 e. The van der Waals surface area contributed by atoms with Crippen LogP contribution < -0.4 is 10.6 Å². The second kappa shape index (κ2) is 15.2. The van der Waals surface area contributed by atoms with Gasteiger partial charge in [0.15, 0.2) is 6.29 Å². The van der Waals surface area contributed by atoms with Gasteiger partial charge in [-0.1, -0.05) is 23.4 Å². The molecule has 2 saturated heterocycles. The smallest absolute Gasteiger partial charge is 0.313 e. The van der Waals surface area contributed by atoms with E-state index in [1.807, 2.05) is 4.90 Å². The van der Waals surface area contributed by atoms with Crippen LogP contribution in [0.4, 0.5) is 10.3 Å². The number of carbonyl (C=O) groups is 2. The molecule has 13 nitrogen and oxygen atoms in total. The minimum absolute atomic E-state index is 0.160. The summed E-state index contributed by atoms with van der Waals surface area (Å²) < 4.78 is 36.6. The zero-order valence-electron chi connectivity index (χ0n) is 23.4.